The van der Waals surface area contributed by atoms with E-state index in [-0.39, 0.29) is 12.6 Å². The SMILES string of the molecule is CC1CNCC(CO)N1Cc1ccccc1. The van der Waals surface area contributed by atoms with Crippen molar-refractivity contribution in [1.82, 2.24) is 10.2 Å². The lowest BCUT2D eigenvalue weighted by molar-refractivity contribution is 0.0565. The molecule has 1 saturated heterocycles. The van der Waals surface area contributed by atoms with E-state index in [9.17, 15) is 5.11 Å². The van der Waals surface area contributed by atoms with Crippen LogP contribution in [0.15, 0.2) is 30.3 Å². The molecule has 0 spiro atoms. The van der Waals surface area contributed by atoms with Crippen molar-refractivity contribution in [2.24, 2.45) is 0 Å². The highest BCUT2D eigenvalue weighted by atomic mass is 16.3. The van der Waals surface area contributed by atoms with Crippen LogP contribution in [0.3, 0.4) is 0 Å². The van der Waals surface area contributed by atoms with Gasteiger partial charge in [-0.2, -0.15) is 0 Å². The van der Waals surface area contributed by atoms with E-state index in [1.54, 1.807) is 0 Å². The Balaban J connectivity index is 2.05. The first kappa shape index (κ1) is 11.6. The fraction of sp³-hybridized carbons (Fsp3) is 0.538. The topological polar surface area (TPSA) is 35.5 Å². The van der Waals surface area contributed by atoms with Crippen molar-refractivity contribution in [2.45, 2.75) is 25.6 Å². The molecule has 1 aliphatic rings. The Labute approximate surface area is 97.1 Å². The maximum absolute atomic E-state index is 9.38. The van der Waals surface area contributed by atoms with Crippen molar-refractivity contribution in [2.75, 3.05) is 19.7 Å². The van der Waals surface area contributed by atoms with Crippen LogP contribution in [0, 0.1) is 0 Å². The van der Waals surface area contributed by atoms with Crippen molar-refractivity contribution in [3.8, 4) is 0 Å². The van der Waals surface area contributed by atoms with E-state index in [2.05, 4.69) is 41.4 Å². The second-order valence-electron chi connectivity index (χ2n) is 4.50. The monoisotopic (exact) mass is 220 g/mol. The number of nitrogens with zero attached hydrogens (tertiary/aromatic N) is 1. The fourth-order valence-electron chi connectivity index (χ4n) is 2.30. The van der Waals surface area contributed by atoms with Crippen molar-refractivity contribution in [3.05, 3.63) is 35.9 Å². The summed E-state index contributed by atoms with van der Waals surface area (Å²) in [6.07, 6.45) is 0. The molecule has 2 atom stereocenters. The van der Waals surface area contributed by atoms with Gasteiger partial charge in [0.15, 0.2) is 0 Å². The smallest absolute Gasteiger partial charge is 0.0599 e. The minimum Gasteiger partial charge on any atom is -0.395 e. The Morgan fingerprint density at radius 1 is 1.31 bits per heavy atom. The van der Waals surface area contributed by atoms with Gasteiger partial charge < -0.3 is 10.4 Å². The van der Waals surface area contributed by atoms with Gasteiger partial charge in [-0.15, -0.1) is 0 Å². The molecule has 0 radical (unpaired) electrons. The molecular weight excluding hydrogens is 200 g/mol. The second kappa shape index (κ2) is 5.43. The lowest BCUT2D eigenvalue weighted by atomic mass is 10.1. The maximum Gasteiger partial charge on any atom is 0.0599 e. The Kier molecular flexibility index (Phi) is 3.93. The number of hydrogen-bond donors (Lipinski definition) is 2. The van der Waals surface area contributed by atoms with E-state index >= 15 is 0 Å². The standard InChI is InChI=1S/C13H20N2O/c1-11-7-14-8-13(10-16)15(11)9-12-5-3-2-4-6-12/h2-6,11,13-14,16H,7-10H2,1H3. The molecule has 88 valence electrons. The summed E-state index contributed by atoms with van der Waals surface area (Å²) < 4.78 is 0. The van der Waals surface area contributed by atoms with E-state index in [0.717, 1.165) is 19.6 Å². The molecule has 1 aromatic rings. The molecule has 1 fully saturated rings. The van der Waals surface area contributed by atoms with Crippen molar-refractivity contribution < 1.29 is 5.11 Å². The fourth-order valence-corrected chi connectivity index (χ4v) is 2.30. The van der Waals surface area contributed by atoms with E-state index < -0.39 is 0 Å². The third kappa shape index (κ3) is 2.61. The number of piperazine rings is 1. The molecule has 2 N–H and O–H groups in total. The van der Waals surface area contributed by atoms with Crippen LogP contribution in [0.5, 0.6) is 0 Å². The normalized spacial score (nSPS) is 26.9. The Morgan fingerprint density at radius 2 is 2.06 bits per heavy atom. The minimum absolute atomic E-state index is 0.226. The van der Waals surface area contributed by atoms with Crippen LogP contribution in [0.25, 0.3) is 0 Å². The van der Waals surface area contributed by atoms with E-state index in [1.807, 2.05) is 6.07 Å². The quantitative estimate of drug-likeness (QED) is 0.792. The third-order valence-electron chi connectivity index (χ3n) is 3.27. The third-order valence-corrected chi connectivity index (χ3v) is 3.27. The Morgan fingerprint density at radius 3 is 2.75 bits per heavy atom. The highest BCUT2D eigenvalue weighted by Crippen LogP contribution is 2.14. The summed E-state index contributed by atoms with van der Waals surface area (Å²) in [4.78, 5) is 2.38. The summed E-state index contributed by atoms with van der Waals surface area (Å²) in [5.74, 6) is 0. The molecule has 1 aromatic carbocycles. The summed E-state index contributed by atoms with van der Waals surface area (Å²) >= 11 is 0. The molecule has 1 heterocycles. The van der Waals surface area contributed by atoms with Crippen LogP contribution in [0.2, 0.25) is 0 Å². The van der Waals surface area contributed by atoms with Gasteiger partial charge in [0.25, 0.3) is 0 Å². The van der Waals surface area contributed by atoms with Gasteiger partial charge in [-0.05, 0) is 12.5 Å². The average Bonchev–Trinajstić information content (AvgIpc) is 2.33. The van der Waals surface area contributed by atoms with Crippen molar-refractivity contribution in [3.63, 3.8) is 0 Å². The van der Waals surface area contributed by atoms with Gasteiger partial charge in [0.05, 0.1) is 6.61 Å². The number of aliphatic hydroxyl groups excluding tert-OH is 1. The molecule has 3 heteroatoms. The average molecular weight is 220 g/mol. The summed E-state index contributed by atoms with van der Waals surface area (Å²) in [5, 5.41) is 12.7. The predicted molar refractivity (Wildman–Crippen MR) is 65.2 cm³/mol. The van der Waals surface area contributed by atoms with Gasteiger partial charge in [0.2, 0.25) is 0 Å². The number of aliphatic hydroxyl groups is 1. The molecule has 1 aliphatic heterocycles. The van der Waals surface area contributed by atoms with Gasteiger partial charge in [-0.3, -0.25) is 4.90 Å². The highest BCUT2D eigenvalue weighted by Gasteiger charge is 2.26. The molecule has 0 aromatic heterocycles. The molecule has 3 nitrogen and oxygen atoms in total. The van der Waals surface area contributed by atoms with E-state index in [4.69, 9.17) is 0 Å². The van der Waals surface area contributed by atoms with Gasteiger partial charge in [-0.1, -0.05) is 30.3 Å². The van der Waals surface area contributed by atoms with Gasteiger partial charge in [-0.25, -0.2) is 0 Å². The summed E-state index contributed by atoms with van der Waals surface area (Å²) in [7, 11) is 0. The summed E-state index contributed by atoms with van der Waals surface area (Å²) in [6.45, 7) is 5.24. The van der Waals surface area contributed by atoms with E-state index in [1.165, 1.54) is 5.56 Å². The zero-order valence-electron chi connectivity index (χ0n) is 9.76. The lowest BCUT2D eigenvalue weighted by Crippen LogP contribution is -2.57. The van der Waals surface area contributed by atoms with Crippen LogP contribution >= 0.6 is 0 Å². The number of hydrogen-bond acceptors (Lipinski definition) is 3. The molecule has 0 saturated carbocycles. The van der Waals surface area contributed by atoms with Crippen LogP contribution in [0.4, 0.5) is 0 Å². The minimum atomic E-state index is 0.226. The van der Waals surface area contributed by atoms with Crippen LogP contribution < -0.4 is 5.32 Å². The van der Waals surface area contributed by atoms with Gasteiger partial charge in [0.1, 0.15) is 0 Å². The van der Waals surface area contributed by atoms with Crippen LogP contribution in [0.1, 0.15) is 12.5 Å². The summed E-state index contributed by atoms with van der Waals surface area (Å²) in [5.41, 5.74) is 1.31. The number of benzene rings is 1. The van der Waals surface area contributed by atoms with Gasteiger partial charge >= 0.3 is 0 Å². The molecule has 0 amide bonds. The lowest BCUT2D eigenvalue weighted by Gasteiger charge is -2.40. The molecule has 16 heavy (non-hydrogen) atoms. The van der Waals surface area contributed by atoms with Gasteiger partial charge in [0, 0.05) is 31.7 Å². The zero-order chi connectivity index (χ0) is 11.4. The van der Waals surface area contributed by atoms with Crippen LogP contribution in [-0.4, -0.2) is 41.8 Å². The van der Waals surface area contributed by atoms with Crippen molar-refractivity contribution >= 4 is 0 Å². The first-order chi connectivity index (χ1) is 7.81. The molecular formula is C13H20N2O. The summed E-state index contributed by atoms with van der Waals surface area (Å²) in [6, 6.07) is 11.2. The van der Waals surface area contributed by atoms with E-state index in [0.29, 0.717) is 6.04 Å². The number of nitrogens with one attached hydrogen (secondary N) is 1. The van der Waals surface area contributed by atoms with Crippen LogP contribution in [-0.2, 0) is 6.54 Å². The highest BCUT2D eigenvalue weighted by molar-refractivity contribution is 5.15. The maximum atomic E-state index is 9.38. The molecule has 0 aliphatic carbocycles. The molecule has 0 bridgehead atoms. The molecule has 2 rings (SSSR count). The number of rotatable bonds is 3. The largest absolute Gasteiger partial charge is 0.395 e. The first-order valence-corrected chi connectivity index (χ1v) is 5.92. The second-order valence-corrected chi connectivity index (χ2v) is 4.50. The predicted octanol–water partition coefficient (Wildman–Crippen LogP) is 0.841. The first-order valence-electron chi connectivity index (χ1n) is 5.92. The van der Waals surface area contributed by atoms with Crippen molar-refractivity contribution in [1.29, 1.82) is 0 Å². The Hall–Kier alpha value is -0.900. The molecule has 2 unspecified atom stereocenters. The zero-order valence-corrected chi connectivity index (χ0v) is 9.76. The Bertz CT molecular complexity index is 315.